The lowest BCUT2D eigenvalue weighted by molar-refractivity contribution is -0.385. The fourth-order valence-electron chi connectivity index (χ4n) is 2.34. The van der Waals surface area contributed by atoms with E-state index in [2.05, 4.69) is 0 Å². The summed E-state index contributed by atoms with van der Waals surface area (Å²) in [7, 11) is 0. The summed E-state index contributed by atoms with van der Waals surface area (Å²) in [6.45, 7) is 2.17. The van der Waals surface area contributed by atoms with Crippen molar-refractivity contribution >= 4 is 11.7 Å². The van der Waals surface area contributed by atoms with E-state index in [1.807, 2.05) is 30.3 Å². The Morgan fingerprint density at radius 1 is 1.24 bits per heavy atom. The number of benzene rings is 2. The van der Waals surface area contributed by atoms with Gasteiger partial charge in [-0.25, -0.2) is 4.79 Å². The zero-order valence-electron chi connectivity index (χ0n) is 13.8. The first-order valence-corrected chi connectivity index (χ1v) is 7.79. The Morgan fingerprint density at radius 3 is 2.56 bits per heavy atom. The van der Waals surface area contributed by atoms with Gasteiger partial charge in [-0.15, -0.1) is 0 Å². The number of rotatable bonds is 9. The van der Waals surface area contributed by atoms with Gasteiger partial charge < -0.3 is 14.6 Å². The molecule has 132 valence electrons. The first-order chi connectivity index (χ1) is 12.0. The van der Waals surface area contributed by atoms with Crippen LogP contribution in [0, 0.1) is 10.1 Å². The molecule has 0 spiro atoms. The molecule has 25 heavy (non-hydrogen) atoms. The number of hydrogen-bond donors (Lipinski definition) is 1. The molecule has 0 aliphatic carbocycles. The van der Waals surface area contributed by atoms with E-state index < -0.39 is 17.0 Å². The van der Waals surface area contributed by atoms with Gasteiger partial charge in [-0.2, -0.15) is 0 Å². The molecule has 0 saturated heterocycles. The summed E-state index contributed by atoms with van der Waals surface area (Å²) in [5.41, 5.74) is 1.05. The highest BCUT2D eigenvalue weighted by Gasteiger charge is 2.24. The zero-order valence-corrected chi connectivity index (χ0v) is 13.8. The second-order valence-electron chi connectivity index (χ2n) is 5.31. The smallest absolute Gasteiger partial charge is 0.333 e. The van der Waals surface area contributed by atoms with E-state index in [1.165, 1.54) is 12.1 Å². The van der Waals surface area contributed by atoms with Crippen molar-refractivity contribution in [2.75, 3.05) is 6.61 Å². The summed E-state index contributed by atoms with van der Waals surface area (Å²) < 4.78 is 10.7. The second kappa shape index (κ2) is 8.79. The van der Waals surface area contributed by atoms with E-state index in [-0.39, 0.29) is 30.9 Å². The Morgan fingerprint density at radius 2 is 1.96 bits per heavy atom. The van der Waals surface area contributed by atoms with Crippen molar-refractivity contribution in [1.29, 1.82) is 0 Å². The first-order valence-electron chi connectivity index (χ1n) is 7.79. The van der Waals surface area contributed by atoms with Gasteiger partial charge in [-0.1, -0.05) is 30.3 Å². The number of nitro groups is 1. The van der Waals surface area contributed by atoms with Crippen molar-refractivity contribution < 1.29 is 24.3 Å². The minimum atomic E-state index is -1.15. The lowest BCUT2D eigenvalue weighted by Crippen LogP contribution is -2.26. The maximum absolute atomic E-state index is 11.3. The number of carboxylic acids is 1. The van der Waals surface area contributed by atoms with Crippen LogP contribution in [0.2, 0.25) is 0 Å². The fraction of sp³-hybridized carbons (Fsp3) is 0.278. The number of aliphatic carboxylic acids is 1. The average Bonchev–Trinajstić information content (AvgIpc) is 2.61. The van der Waals surface area contributed by atoms with Crippen LogP contribution in [0.15, 0.2) is 48.5 Å². The third kappa shape index (κ3) is 5.29. The lowest BCUT2D eigenvalue weighted by atomic mass is 10.1. The lowest BCUT2D eigenvalue weighted by Gasteiger charge is -2.13. The van der Waals surface area contributed by atoms with Crippen molar-refractivity contribution in [2.45, 2.75) is 26.1 Å². The molecule has 7 nitrogen and oxygen atoms in total. The molecular formula is C18H19NO6. The predicted molar refractivity (Wildman–Crippen MR) is 90.6 cm³/mol. The molecule has 0 bridgehead atoms. The van der Waals surface area contributed by atoms with Crippen molar-refractivity contribution in [1.82, 2.24) is 0 Å². The van der Waals surface area contributed by atoms with E-state index in [9.17, 15) is 14.9 Å². The van der Waals surface area contributed by atoms with Crippen LogP contribution in [0.4, 0.5) is 5.69 Å². The molecule has 0 fully saturated rings. The van der Waals surface area contributed by atoms with Crippen LogP contribution >= 0.6 is 0 Å². The summed E-state index contributed by atoms with van der Waals surface area (Å²) in [6.07, 6.45) is -1.21. The third-order valence-electron chi connectivity index (χ3n) is 3.55. The number of carboxylic acid groups (broad SMARTS) is 1. The minimum absolute atomic E-state index is 0.0849. The van der Waals surface area contributed by atoms with Gasteiger partial charge in [0, 0.05) is 18.6 Å². The third-order valence-corrected chi connectivity index (χ3v) is 3.55. The molecule has 1 unspecified atom stereocenters. The maximum atomic E-state index is 11.3. The number of nitrogens with zero attached hydrogens (tertiary/aromatic N) is 1. The SMILES string of the molecule is CCOC(Cc1ccc(OCc2ccccc2)cc1[N+](=O)[O-])C(=O)O. The summed E-state index contributed by atoms with van der Waals surface area (Å²) in [6, 6.07) is 13.8. The van der Waals surface area contributed by atoms with Gasteiger partial charge in [0.15, 0.2) is 6.10 Å². The number of ether oxygens (including phenoxy) is 2. The van der Waals surface area contributed by atoms with Crippen molar-refractivity contribution in [3.63, 3.8) is 0 Å². The maximum Gasteiger partial charge on any atom is 0.333 e. The van der Waals surface area contributed by atoms with Crippen LogP contribution in [-0.4, -0.2) is 28.7 Å². The Kier molecular flexibility index (Phi) is 6.47. The number of nitro benzene ring substituents is 1. The molecule has 2 aromatic carbocycles. The van der Waals surface area contributed by atoms with Gasteiger partial charge >= 0.3 is 5.97 Å². The standard InChI is InChI=1S/C18H19NO6/c1-2-24-17(18(20)21)10-14-8-9-15(11-16(14)19(22)23)25-12-13-6-4-3-5-7-13/h3-9,11,17H,2,10,12H2,1H3,(H,20,21). The Balaban J connectivity index is 2.16. The van der Waals surface area contributed by atoms with Gasteiger partial charge in [0.1, 0.15) is 12.4 Å². The molecule has 0 amide bonds. The van der Waals surface area contributed by atoms with E-state index in [4.69, 9.17) is 14.6 Å². The molecule has 2 rings (SSSR count). The molecule has 0 aliphatic heterocycles. The molecule has 1 N–H and O–H groups in total. The highest BCUT2D eigenvalue weighted by atomic mass is 16.6. The Hall–Kier alpha value is -2.93. The zero-order chi connectivity index (χ0) is 18.2. The normalized spacial score (nSPS) is 11.7. The Bertz CT molecular complexity index is 732. The molecule has 0 aliphatic rings. The first kappa shape index (κ1) is 18.4. The summed E-state index contributed by atoms with van der Waals surface area (Å²) in [5.74, 6) is -0.803. The van der Waals surface area contributed by atoms with Gasteiger partial charge in [-0.3, -0.25) is 10.1 Å². The van der Waals surface area contributed by atoms with E-state index in [0.29, 0.717) is 5.75 Å². The van der Waals surface area contributed by atoms with Crippen LogP contribution in [0.25, 0.3) is 0 Å². The van der Waals surface area contributed by atoms with Crippen molar-refractivity contribution in [3.05, 3.63) is 69.8 Å². The largest absolute Gasteiger partial charge is 0.489 e. The molecule has 0 aromatic heterocycles. The summed E-state index contributed by atoms with van der Waals surface area (Å²) in [4.78, 5) is 22.0. The predicted octanol–water partition coefficient (Wildman–Crippen LogP) is 3.21. The fourth-order valence-corrected chi connectivity index (χ4v) is 2.34. The second-order valence-corrected chi connectivity index (χ2v) is 5.31. The van der Waals surface area contributed by atoms with Crippen LogP contribution in [0.5, 0.6) is 5.75 Å². The highest BCUT2D eigenvalue weighted by Crippen LogP contribution is 2.27. The van der Waals surface area contributed by atoms with Crippen LogP contribution < -0.4 is 4.74 Å². The molecule has 0 saturated carbocycles. The molecule has 2 aromatic rings. The van der Waals surface area contributed by atoms with Gasteiger partial charge in [-0.05, 0) is 24.6 Å². The highest BCUT2D eigenvalue weighted by molar-refractivity contribution is 5.73. The monoisotopic (exact) mass is 345 g/mol. The summed E-state index contributed by atoms with van der Waals surface area (Å²) in [5, 5.41) is 20.5. The van der Waals surface area contributed by atoms with Crippen LogP contribution in [-0.2, 0) is 22.6 Å². The molecule has 1 atom stereocenters. The van der Waals surface area contributed by atoms with Crippen molar-refractivity contribution in [2.24, 2.45) is 0 Å². The van der Waals surface area contributed by atoms with E-state index >= 15 is 0 Å². The van der Waals surface area contributed by atoms with E-state index in [0.717, 1.165) is 5.56 Å². The topological polar surface area (TPSA) is 98.9 Å². The molecular weight excluding hydrogens is 326 g/mol. The molecule has 0 radical (unpaired) electrons. The van der Waals surface area contributed by atoms with Gasteiger partial charge in [0.05, 0.1) is 11.0 Å². The van der Waals surface area contributed by atoms with E-state index in [1.54, 1.807) is 13.0 Å². The van der Waals surface area contributed by atoms with Gasteiger partial charge in [0.2, 0.25) is 0 Å². The molecule has 0 heterocycles. The number of hydrogen-bond acceptors (Lipinski definition) is 5. The van der Waals surface area contributed by atoms with Gasteiger partial charge in [0.25, 0.3) is 5.69 Å². The van der Waals surface area contributed by atoms with Crippen LogP contribution in [0.3, 0.4) is 0 Å². The average molecular weight is 345 g/mol. The van der Waals surface area contributed by atoms with Crippen LogP contribution in [0.1, 0.15) is 18.1 Å². The number of carbonyl (C=O) groups is 1. The van der Waals surface area contributed by atoms with Crippen molar-refractivity contribution in [3.8, 4) is 5.75 Å². The quantitative estimate of drug-likeness (QED) is 0.553. The molecule has 7 heteroatoms. The summed E-state index contributed by atoms with van der Waals surface area (Å²) >= 11 is 0. The Labute approximate surface area is 145 Å². The minimum Gasteiger partial charge on any atom is -0.489 e.